The predicted octanol–water partition coefficient (Wildman–Crippen LogP) is 7.46. The minimum Gasteiger partial charge on any atom is -0.497 e. The van der Waals surface area contributed by atoms with Crippen LogP contribution in [0.25, 0.3) is 22.0 Å². The van der Waals surface area contributed by atoms with E-state index in [-0.39, 0.29) is 5.69 Å². The maximum atomic E-state index is 15.1. The molecule has 0 aliphatic carbocycles. The number of rotatable bonds is 9. The quantitative estimate of drug-likeness (QED) is 0.190. The minimum absolute atomic E-state index is 0.0461. The first-order chi connectivity index (χ1) is 20.7. The number of aryl methyl sites for hydroxylation is 1. The lowest BCUT2D eigenvalue weighted by Crippen LogP contribution is -2.22. The van der Waals surface area contributed by atoms with Crippen molar-refractivity contribution in [3.63, 3.8) is 0 Å². The topological polar surface area (TPSA) is 99.9 Å². The van der Waals surface area contributed by atoms with Crippen LogP contribution >= 0.6 is 0 Å². The van der Waals surface area contributed by atoms with Gasteiger partial charge in [0.2, 0.25) is 0 Å². The SMILES string of the molecule is COc1ccc(CCNc2cc3ncc(-c4cc(NC(=O)c5ccccc5C(C)(C)C#N)c(F)cc4C)cc3cn2)cc1. The number of carbonyl (C=O) groups excluding carboxylic acids is 1. The van der Waals surface area contributed by atoms with E-state index in [0.717, 1.165) is 40.0 Å². The number of nitrogens with zero attached hydrogens (tertiary/aromatic N) is 3. The number of aromatic nitrogens is 2. The Balaban J connectivity index is 1.34. The highest BCUT2D eigenvalue weighted by Gasteiger charge is 2.26. The predicted molar refractivity (Wildman–Crippen MR) is 168 cm³/mol. The van der Waals surface area contributed by atoms with Gasteiger partial charge in [0.05, 0.1) is 29.8 Å². The van der Waals surface area contributed by atoms with E-state index in [1.54, 1.807) is 63.7 Å². The van der Waals surface area contributed by atoms with Gasteiger partial charge in [-0.05, 0) is 85.8 Å². The molecule has 3 aromatic carbocycles. The Labute approximate surface area is 250 Å². The number of pyridine rings is 2. The molecule has 1 amide bonds. The van der Waals surface area contributed by atoms with Crippen molar-refractivity contribution in [1.82, 2.24) is 9.97 Å². The average molecular weight is 574 g/mol. The minimum atomic E-state index is -0.887. The van der Waals surface area contributed by atoms with Gasteiger partial charge >= 0.3 is 0 Å². The molecule has 0 saturated heterocycles. The molecule has 2 heterocycles. The second-order valence-corrected chi connectivity index (χ2v) is 10.9. The van der Waals surface area contributed by atoms with E-state index in [4.69, 9.17) is 4.74 Å². The van der Waals surface area contributed by atoms with E-state index in [1.165, 1.54) is 11.6 Å². The van der Waals surface area contributed by atoms with Crippen molar-refractivity contribution in [1.29, 1.82) is 5.26 Å². The van der Waals surface area contributed by atoms with E-state index in [2.05, 4.69) is 26.7 Å². The Kier molecular flexibility index (Phi) is 8.35. The summed E-state index contributed by atoms with van der Waals surface area (Å²) in [5, 5.41) is 16.5. The molecule has 0 aliphatic rings. The van der Waals surface area contributed by atoms with Crippen LogP contribution in [0.3, 0.4) is 0 Å². The van der Waals surface area contributed by atoms with Crippen LogP contribution in [0, 0.1) is 24.1 Å². The van der Waals surface area contributed by atoms with Gasteiger partial charge in [-0.1, -0.05) is 30.3 Å². The third kappa shape index (κ3) is 6.47. The van der Waals surface area contributed by atoms with E-state index in [9.17, 15) is 10.1 Å². The summed E-state index contributed by atoms with van der Waals surface area (Å²) < 4.78 is 20.3. The van der Waals surface area contributed by atoms with E-state index >= 15 is 4.39 Å². The van der Waals surface area contributed by atoms with Crippen LogP contribution in [-0.4, -0.2) is 29.5 Å². The van der Waals surface area contributed by atoms with Gasteiger partial charge in [0, 0.05) is 41.5 Å². The molecule has 0 atom stereocenters. The molecule has 0 unspecified atom stereocenters. The summed E-state index contributed by atoms with van der Waals surface area (Å²) in [6.45, 7) is 6.01. The second-order valence-electron chi connectivity index (χ2n) is 10.9. The molecule has 0 saturated carbocycles. The van der Waals surface area contributed by atoms with E-state index in [0.29, 0.717) is 23.2 Å². The molecule has 0 spiro atoms. The van der Waals surface area contributed by atoms with Gasteiger partial charge in [-0.15, -0.1) is 0 Å². The Morgan fingerprint density at radius 2 is 1.79 bits per heavy atom. The van der Waals surface area contributed by atoms with Crippen LogP contribution in [0.5, 0.6) is 5.75 Å². The van der Waals surface area contributed by atoms with E-state index in [1.807, 2.05) is 43.3 Å². The molecular weight excluding hydrogens is 541 g/mol. The molecule has 2 N–H and O–H groups in total. The number of anilines is 2. The Morgan fingerprint density at radius 1 is 1.02 bits per heavy atom. The first-order valence-corrected chi connectivity index (χ1v) is 13.9. The van der Waals surface area contributed by atoms with Crippen molar-refractivity contribution in [2.45, 2.75) is 32.6 Å². The van der Waals surface area contributed by atoms with Crippen LogP contribution in [0.15, 0.2) is 85.2 Å². The molecule has 0 aliphatic heterocycles. The fraction of sp³-hybridized carbons (Fsp3) is 0.200. The molecule has 0 bridgehead atoms. The van der Waals surface area contributed by atoms with Gasteiger partial charge < -0.3 is 15.4 Å². The van der Waals surface area contributed by atoms with Crippen molar-refractivity contribution < 1.29 is 13.9 Å². The molecule has 8 heteroatoms. The summed E-state index contributed by atoms with van der Waals surface area (Å²) >= 11 is 0. The van der Waals surface area contributed by atoms with Crippen LogP contribution < -0.4 is 15.4 Å². The van der Waals surface area contributed by atoms with Crippen LogP contribution in [-0.2, 0) is 11.8 Å². The molecule has 5 rings (SSSR count). The number of carbonyl (C=O) groups is 1. The second kappa shape index (κ2) is 12.3. The molecule has 7 nitrogen and oxygen atoms in total. The number of ether oxygens (including phenoxy) is 1. The van der Waals surface area contributed by atoms with Crippen molar-refractivity contribution >= 4 is 28.3 Å². The summed E-state index contributed by atoms with van der Waals surface area (Å²) in [6, 6.07) is 23.9. The van der Waals surface area contributed by atoms with Crippen molar-refractivity contribution in [3.05, 3.63) is 113 Å². The van der Waals surface area contributed by atoms with Gasteiger partial charge in [-0.25, -0.2) is 9.37 Å². The lowest BCUT2D eigenvalue weighted by atomic mass is 9.83. The summed E-state index contributed by atoms with van der Waals surface area (Å²) in [5.41, 5.74) is 4.23. The number of methoxy groups -OCH3 is 1. The largest absolute Gasteiger partial charge is 0.497 e. The van der Waals surface area contributed by atoms with Crippen molar-refractivity contribution in [2.24, 2.45) is 0 Å². The van der Waals surface area contributed by atoms with Gasteiger partial charge in [-0.3, -0.25) is 9.78 Å². The monoisotopic (exact) mass is 573 g/mol. The highest BCUT2D eigenvalue weighted by molar-refractivity contribution is 6.06. The van der Waals surface area contributed by atoms with Crippen LogP contribution in [0.1, 0.15) is 40.9 Å². The zero-order valence-corrected chi connectivity index (χ0v) is 24.5. The lowest BCUT2D eigenvalue weighted by molar-refractivity contribution is 0.102. The highest BCUT2D eigenvalue weighted by atomic mass is 19.1. The summed E-state index contributed by atoms with van der Waals surface area (Å²) in [5.74, 6) is 0.522. The highest BCUT2D eigenvalue weighted by Crippen LogP contribution is 2.32. The Morgan fingerprint density at radius 3 is 2.53 bits per heavy atom. The lowest BCUT2D eigenvalue weighted by Gasteiger charge is -2.20. The first kappa shape index (κ1) is 29.2. The molecule has 216 valence electrons. The molecule has 43 heavy (non-hydrogen) atoms. The number of nitrogens with one attached hydrogen (secondary N) is 2. The normalized spacial score (nSPS) is 11.2. The van der Waals surface area contributed by atoms with Gasteiger partial charge in [0.15, 0.2) is 0 Å². The van der Waals surface area contributed by atoms with Gasteiger partial charge in [0.1, 0.15) is 17.4 Å². The van der Waals surface area contributed by atoms with E-state index < -0.39 is 17.1 Å². The van der Waals surface area contributed by atoms with Crippen molar-refractivity contribution in [2.75, 3.05) is 24.3 Å². The molecule has 0 fully saturated rings. The third-order valence-corrected chi connectivity index (χ3v) is 7.44. The average Bonchev–Trinajstić information content (AvgIpc) is 3.02. The number of hydrogen-bond acceptors (Lipinski definition) is 6. The molecule has 2 aromatic heterocycles. The Hall–Kier alpha value is -5.29. The summed E-state index contributed by atoms with van der Waals surface area (Å²) in [4.78, 5) is 22.5. The molecule has 0 radical (unpaired) electrons. The summed E-state index contributed by atoms with van der Waals surface area (Å²) in [6.07, 6.45) is 4.33. The fourth-order valence-electron chi connectivity index (χ4n) is 4.95. The number of halogens is 1. The number of nitriles is 1. The molecular formula is C35H32FN5O2. The zero-order valence-electron chi connectivity index (χ0n) is 24.5. The van der Waals surface area contributed by atoms with Crippen LogP contribution in [0.2, 0.25) is 0 Å². The number of benzene rings is 3. The maximum Gasteiger partial charge on any atom is 0.256 e. The fourth-order valence-corrected chi connectivity index (χ4v) is 4.95. The Bertz CT molecular complexity index is 1840. The maximum absolute atomic E-state index is 15.1. The standard InChI is InChI=1S/C35H32FN5O2/c1-22-15-30(36)32(41-34(42)27-7-5-6-8-29(27)35(2,3)21-37)17-28(22)24-16-25-20-40-33(18-31(25)39-19-24)38-14-13-23-9-11-26(43-4)12-10-23/h5-12,15-20H,13-14H2,1-4H3,(H,38,40)(H,41,42). The number of hydrogen-bond donors (Lipinski definition) is 2. The number of fused-ring (bicyclic) bond motifs is 1. The van der Waals surface area contributed by atoms with Crippen LogP contribution in [0.4, 0.5) is 15.9 Å². The molecule has 5 aromatic rings. The third-order valence-electron chi connectivity index (χ3n) is 7.44. The smallest absolute Gasteiger partial charge is 0.256 e. The zero-order chi connectivity index (χ0) is 30.6. The first-order valence-electron chi connectivity index (χ1n) is 13.9. The van der Waals surface area contributed by atoms with Gasteiger partial charge in [-0.2, -0.15) is 5.26 Å². The summed E-state index contributed by atoms with van der Waals surface area (Å²) in [7, 11) is 1.65. The van der Waals surface area contributed by atoms with Gasteiger partial charge in [0.25, 0.3) is 5.91 Å². The number of amides is 1. The van der Waals surface area contributed by atoms with Crippen molar-refractivity contribution in [3.8, 4) is 22.9 Å².